The molecule has 0 saturated carbocycles. The summed E-state index contributed by atoms with van der Waals surface area (Å²) in [6.07, 6.45) is 1.99. The first-order valence-corrected chi connectivity index (χ1v) is 7.93. The zero-order valence-corrected chi connectivity index (χ0v) is 12.8. The minimum absolute atomic E-state index is 0.152. The molecule has 4 rings (SSSR count). The van der Waals surface area contributed by atoms with Crippen molar-refractivity contribution in [2.75, 3.05) is 6.54 Å². The van der Waals surface area contributed by atoms with Gasteiger partial charge in [0.25, 0.3) is 0 Å². The molecule has 4 heteroatoms. The Morgan fingerprint density at radius 1 is 1.14 bits per heavy atom. The van der Waals surface area contributed by atoms with Gasteiger partial charge in [-0.3, -0.25) is 0 Å². The lowest BCUT2D eigenvalue weighted by Crippen LogP contribution is -2.34. The Kier molecular flexibility index (Phi) is 3.40. The average Bonchev–Trinajstić information content (AvgIpc) is 2.84. The largest absolute Gasteiger partial charge is 0.363 e. The number of fused-ring (bicyclic) bond motifs is 5. The SMILES string of the molecule is O=C(ON1CCC2C[C@@H]1c1ccc(Cl)cc12)c1ccccc1. The van der Waals surface area contributed by atoms with E-state index in [2.05, 4.69) is 12.1 Å². The molecule has 1 fully saturated rings. The highest BCUT2D eigenvalue weighted by Crippen LogP contribution is 2.49. The van der Waals surface area contributed by atoms with E-state index >= 15 is 0 Å². The molecule has 1 heterocycles. The molecule has 112 valence electrons. The molecule has 0 aromatic heterocycles. The third-order valence-corrected chi connectivity index (χ3v) is 4.85. The predicted molar refractivity (Wildman–Crippen MR) is 84.7 cm³/mol. The van der Waals surface area contributed by atoms with E-state index < -0.39 is 0 Å². The molecule has 2 aromatic rings. The highest BCUT2D eigenvalue weighted by molar-refractivity contribution is 6.30. The Morgan fingerprint density at radius 3 is 2.77 bits per heavy atom. The Bertz CT molecular complexity index is 716. The van der Waals surface area contributed by atoms with Crippen LogP contribution in [0.15, 0.2) is 48.5 Å². The molecular formula is C18H16ClNO2. The van der Waals surface area contributed by atoms with Gasteiger partial charge in [0.15, 0.2) is 0 Å². The number of carbonyl (C=O) groups is 1. The molecule has 0 N–H and O–H groups in total. The van der Waals surface area contributed by atoms with Crippen LogP contribution in [0.4, 0.5) is 0 Å². The van der Waals surface area contributed by atoms with E-state index in [9.17, 15) is 4.79 Å². The maximum absolute atomic E-state index is 12.3. The topological polar surface area (TPSA) is 29.5 Å². The average molecular weight is 314 g/mol. The van der Waals surface area contributed by atoms with Crippen LogP contribution in [0.5, 0.6) is 0 Å². The summed E-state index contributed by atoms with van der Waals surface area (Å²) < 4.78 is 0. The summed E-state index contributed by atoms with van der Waals surface area (Å²) >= 11 is 6.12. The highest BCUT2D eigenvalue weighted by atomic mass is 35.5. The second-order valence-corrected chi connectivity index (χ2v) is 6.33. The third-order valence-electron chi connectivity index (χ3n) is 4.61. The molecule has 1 unspecified atom stereocenters. The van der Waals surface area contributed by atoms with Crippen molar-refractivity contribution in [3.63, 3.8) is 0 Å². The lowest BCUT2D eigenvalue weighted by molar-refractivity contribution is -0.150. The smallest absolute Gasteiger partial charge is 0.357 e. The summed E-state index contributed by atoms with van der Waals surface area (Å²) in [5, 5.41) is 2.62. The van der Waals surface area contributed by atoms with Gasteiger partial charge in [-0.25, -0.2) is 4.79 Å². The van der Waals surface area contributed by atoms with E-state index in [0.29, 0.717) is 11.5 Å². The Balaban J connectivity index is 1.57. The molecule has 0 amide bonds. The summed E-state index contributed by atoms with van der Waals surface area (Å²) in [4.78, 5) is 17.9. The summed E-state index contributed by atoms with van der Waals surface area (Å²) in [5.74, 6) is 0.242. The molecule has 1 saturated heterocycles. The van der Waals surface area contributed by atoms with Crippen molar-refractivity contribution in [1.82, 2.24) is 5.06 Å². The quantitative estimate of drug-likeness (QED) is 0.825. The van der Waals surface area contributed by atoms with Gasteiger partial charge in [0, 0.05) is 11.6 Å². The van der Waals surface area contributed by atoms with Gasteiger partial charge in [-0.15, -0.1) is 5.06 Å². The lowest BCUT2D eigenvalue weighted by Gasteiger charge is -2.31. The molecule has 0 radical (unpaired) electrons. The fourth-order valence-corrected chi connectivity index (χ4v) is 3.73. The highest BCUT2D eigenvalue weighted by Gasteiger charge is 2.40. The number of rotatable bonds is 2. The minimum Gasteiger partial charge on any atom is -0.363 e. The molecular weight excluding hydrogens is 298 g/mol. The van der Waals surface area contributed by atoms with Crippen LogP contribution in [-0.2, 0) is 4.84 Å². The van der Waals surface area contributed by atoms with Gasteiger partial charge in [0.05, 0.1) is 11.6 Å². The maximum Gasteiger partial charge on any atom is 0.357 e. The Labute approximate surface area is 134 Å². The maximum atomic E-state index is 12.3. The number of benzene rings is 2. The Morgan fingerprint density at radius 2 is 1.95 bits per heavy atom. The van der Waals surface area contributed by atoms with Crippen LogP contribution >= 0.6 is 11.6 Å². The molecule has 3 nitrogen and oxygen atoms in total. The van der Waals surface area contributed by atoms with E-state index in [4.69, 9.17) is 16.4 Å². The zero-order chi connectivity index (χ0) is 15.1. The number of halogens is 1. The van der Waals surface area contributed by atoms with Gasteiger partial charge in [0.1, 0.15) is 0 Å². The van der Waals surface area contributed by atoms with Crippen LogP contribution in [0.1, 0.15) is 46.3 Å². The van der Waals surface area contributed by atoms with Gasteiger partial charge in [0.2, 0.25) is 0 Å². The fourth-order valence-electron chi connectivity index (χ4n) is 3.55. The van der Waals surface area contributed by atoms with E-state index in [1.54, 1.807) is 12.1 Å². The predicted octanol–water partition coefficient (Wildman–Crippen LogP) is 4.35. The molecule has 2 atom stereocenters. The van der Waals surface area contributed by atoms with Crippen molar-refractivity contribution < 1.29 is 9.63 Å². The van der Waals surface area contributed by atoms with Crippen LogP contribution in [-0.4, -0.2) is 17.6 Å². The van der Waals surface area contributed by atoms with Crippen molar-refractivity contribution in [1.29, 1.82) is 0 Å². The van der Waals surface area contributed by atoms with Crippen molar-refractivity contribution >= 4 is 17.6 Å². The van der Waals surface area contributed by atoms with Crippen LogP contribution in [0, 0.1) is 0 Å². The molecule has 1 aliphatic carbocycles. The Hall–Kier alpha value is -1.84. The number of hydroxylamine groups is 2. The van der Waals surface area contributed by atoms with Crippen LogP contribution in [0.2, 0.25) is 5.02 Å². The van der Waals surface area contributed by atoms with Gasteiger partial charge in [-0.05, 0) is 54.2 Å². The summed E-state index contributed by atoms with van der Waals surface area (Å²) in [6, 6.07) is 15.3. The molecule has 2 aliphatic rings. The second-order valence-electron chi connectivity index (χ2n) is 5.90. The molecule has 2 bridgehead atoms. The number of carbonyl (C=O) groups excluding carboxylic acids is 1. The normalized spacial score (nSPS) is 23.1. The summed E-state index contributed by atoms with van der Waals surface area (Å²) in [5.41, 5.74) is 3.14. The van der Waals surface area contributed by atoms with Gasteiger partial charge in [-0.1, -0.05) is 35.9 Å². The standard InChI is InChI=1S/C18H16ClNO2/c19-14-6-7-15-16(11-14)13-8-9-20(17(15)10-13)22-18(21)12-4-2-1-3-5-12/h1-7,11,13,17H,8-10H2/t13?,17-/m1/s1. The first kappa shape index (κ1) is 13.8. The number of nitrogens with zero attached hydrogens (tertiary/aromatic N) is 1. The molecule has 2 aromatic carbocycles. The van der Waals surface area contributed by atoms with E-state index in [1.807, 2.05) is 29.3 Å². The van der Waals surface area contributed by atoms with Gasteiger partial charge >= 0.3 is 5.97 Å². The number of piperidine rings is 1. The van der Waals surface area contributed by atoms with Crippen molar-refractivity contribution in [2.24, 2.45) is 0 Å². The fraction of sp³-hybridized carbons (Fsp3) is 0.278. The minimum atomic E-state index is -0.290. The van der Waals surface area contributed by atoms with Crippen LogP contribution in [0.3, 0.4) is 0 Å². The monoisotopic (exact) mass is 313 g/mol. The first-order chi connectivity index (χ1) is 10.7. The molecule has 22 heavy (non-hydrogen) atoms. The van der Waals surface area contributed by atoms with E-state index in [-0.39, 0.29) is 12.0 Å². The van der Waals surface area contributed by atoms with E-state index in [0.717, 1.165) is 24.4 Å². The molecule has 0 spiro atoms. The second kappa shape index (κ2) is 5.41. The van der Waals surface area contributed by atoms with Crippen molar-refractivity contribution in [3.8, 4) is 0 Å². The van der Waals surface area contributed by atoms with Gasteiger partial charge < -0.3 is 4.84 Å². The lowest BCUT2D eigenvalue weighted by atomic mass is 9.96. The van der Waals surface area contributed by atoms with E-state index in [1.165, 1.54) is 11.1 Å². The third kappa shape index (κ3) is 2.31. The van der Waals surface area contributed by atoms with Gasteiger partial charge in [-0.2, -0.15) is 0 Å². The van der Waals surface area contributed by atoms with Crippen LogP contribution in [0.25, 0.3) is 0 Å². The summed E-state index contributed by atoms with van der Waals surface area (Å²) in [7, 11) is 0. The number of hydrogen-bond donors (Lipinski definition) is 0. The molecule has 1 aliphatic heterocycles. The first-order valence-electron chi connectivity index (χ1n) is 7.56. The summed E-state index contributed by atoms with van der Waals surface area (Å²) in [6.45, 7) is 0.764. The number of hydrogen-bond acceptors (Lipinski definition) is 3. The van der Waals surface area contributed by atoms with Crippen molar-refractivity contribution in [2.45, 2.75) is 24.8 Å². The van der Waals surface area contributed by atoms with Crippen LogP contribution < -0.4 is 0 Å². The van der Waals surface area contributed by atoms with Crippen molar-refractivity contribution in [3.05, 3.63) is 70.2 Å². The zero-order valence-electron chi connectivity index (χ0n) is 12.0.